The van der Waals surface area contributed by atoms with E-state index in [1.54, 1.807) is 26.1 Å². The molecular weight excluding hydrogens is 286 g/mol. The van der Waals surface area contributed by atoms with Gasteiger partial charge in [-0.15, -0.1) is 0 Å². The highest BCUT2D eigenvalue weighted by atomic mass is 79.9. The highest BCUT2D eigenvalue weighted by Crippen LogP contribution is 2.40. The van der Waals surface area contributed by atoms with Gasteiger partial charge in [0.15, 0.2) is 17.6 Å². The minimum absolute atomic E-state index is 0.0482. The number of rotatable bonds is 1. The molecule has 17 heavy (non-hydrogen) atoms. The molecule has 90 valence electrons. The van der Waals surface area contributed by atoms with Gasteiger partial charge in [-0.05, 0) is 41.9 Å². The van der Waals surface area contributed by atoms with Gasteiger partial charge in [0, 0.05) is 12.6 Å². The summed E-state index contributed by atoms with van der Waals surface area (Å²) in [5.74, 6) is 0.433. The first-order valence-electron chi connectivity index (χ1n) is 5.20. The number of benzene rings is 1. The molecule has 0 aliphatic carbocycles. The monoisotopic (exact) mass is 297 g/mol. The highest BCUT2D eigenvalue weighted by molar-refractivity contribution is 9.10. The largest absolute Gasteiger partial charge is 0.477 e. The zero-order valence-electron chi connectivity index (χ0n) is 9.78. The Hall–Kier alpha value is -1.36. The normalized spacial score (nSPS) is 18.7. The van der Waals surface area contributed by atoms with Gasteiger partial charge < -0.3 is 9.64 Å². The van der Waals surface area contributed by atoms with Crippen molar-refractivity contribution in [3.63, 3.8) is 0 Å². The second-order valence-electron chi connectivity index (χ2n) is 4.02. The number of Topliss-reactive ketones (excluding diaryl/α,β-unsaturated/α-hetero) is 1. The Bertz CT molecular complexity index is 513. The molecule has 0 N–H and O–H groups in total. The summed E-state index contributed by atoms with van der Waals surface area (Å²) in [6.45, 7) is 3.19. The first-order valence-corrected chi connectivity index (χ1v) is 6.00. The number of fused-ring (bicyclic) bond motifs is 1. The third-order valence-electron chi connectivity index (χ3n) is 2.76. The van der Waals surface area contributed by atoms with Gasteiger partial charge in [0.25, 0.3) is 5.91 Å². The molecule has 0 fully saturated rings. The minimum atomic E-state index is -0.507. The summed E-state index contributed by atoms with van der Waals surface area (Å²) < 4.78 is 6.22. The predicted molar refractivity (Wildman–Crippen MR) is 67.6 cm³/mol. The van der Waals surface area contributed by atoms with Crippen molar-refractivity contribution in [3.8, 4) is 5.75 Å². The molecule has 1 unspecified atom stereocenters. The van der Waals surface area contributed by atoms with Crippen LogP contribution >= 0.6 is 15.9 Å². The van der Waals surface area contributed by atoms with Crippen LogP contribution in [0.4, 0.5) is 5.69 Å². The fourth-order valence-electron chi connectivity index (χ4n) is 1.77. The minimum Gasteiger partial charge on any atom is -0.477 e. The third kappa shape index (κ3) is 1.95. The fraction of sp³-hybridized carbons (Fsp3) is 0.333. The Balaban J connectivity index is 2.61. The van der Waals surface area contributed by atoms with E-state index in [9.17, 15) is 9.59 Å². The summed E-state index contributed by atoms with van der Waals surface area (Å²) >= 11 is 3.36. The molecule has 4 nitrogen and oxygen atoms in total. The number of hydrogen-bond acceptors (Lipinski definition) is 3. The summed E-state index contributed by atoms with van der Waals surface area (Å²) in [6, 6.07) is 3.38. The van der Waals surface area contributed by atoms with E-state index >= 15 is 0 Å². The zero-order chi connectivity index (χ0) is 12.7. The van der Waals surface area contributed by atoms with Gasteiger partial charge in [-0.1, -0.05) is 0 Å². The lowest BCUT2D eigenvalue weighted by Crippen LogP contribution is -2.42. The average molecular weight is 298 g/mol. The van der Waals surface area contributed by atoms with Crippen LogP contribution in [-0.4, -0.2) is 24.8 Å². The number of ketones is 1. The number of carbonyl (C=O) groups is 2. The number of halogens is 1. The Morgan fingerprint density at radius 3 is 2.71 bits per heavy atom. The molecule has 0 radical (unpaired) electrons. The Labute approximate surface area is 108 Å². The predicted octanol–water partition coefficient (Wildman–Crippen LogP) is 2.40. The molecule has 1 amide bonds. The van der Waals surface area contributed by atoms with Crippen molar-refractivity contribution < 1.29 is 14.3 Å². The standard InChI is InChI=1S/C12H12BrNO3/c1-6(15)8-4-9(13)11-10(5-8)14(3)12(16)7(2)17-11/h4-5,7H,1-3H3. The molecule has 0 saturated heterocycles. The van der Waals surface area contributed by atoms with Gasteiger partial charge in [0.05, 0.1) is 10.2 Å². The van der Waals surface area contributed by atoms with E-state index < -0.39 is 6.10 Å². The summed E-state index contributed by atoms with van der Waals surface area (Å²) in [6.07, 6.45) is -0.507. The average Bonchev–Trinajstić information content (AvgIpc) is 2.27. The number of hydrogen-bond donors (Lipinski definition) is 0. The molecule has 5 heteroatoms. The van der Waals surface area contributed by atoms with Crippen LogP contribution in [0, 0.1) is 0 Å². The van der Waals surface area contributed by atoms with Gasteiger partial charge in [-0.2, -0.15) is 0 Å². The Morgan fingerprint density at radius 1 is 1.47 bits per heavy atom. The first-order chi connectivity index (χ1) is 7.91. The van der Waals surface area contributed by atoms with E-state index in [1.165, 1.54) is 11.8 Å². The van der Waals surface area contributed by atoms with Crippen LogP contribution in [0.2, 0.25) is 0 Å². The van der Waals surface area contributed by atoms with E-state index in [2.05, 4.69) is 15.9 Å². The maximum absolute atomic E-state index is 11.8. The Kier molecular flexibility index (Phi) is 2.95. The van der Waals surface area contributed by atoms with Gasteiger partial charge in [-0.25, -0.2) is 0 Å². The van der Waals surface area contributed by atoms with Gasteiger partial charge in [0.2, 0.25) is 0 Å². The summed E-state index contributed by atoms with van der Waals surface area (Å²) in [4.78, 5) is 24.7. The molecule has 1 atom stereocenters. The van der Waals surface area contributed by atoms with Crippen molar-refractivity contribution in [1.82, 2.24) is 0 Å². The summed E-state index contributed by atoms with van der Waals surface area (Å²) in [7, 11) is 1.68. The van der Waals surface area contributed by atoms with Crippen molar-refractivity contribution in [2.45, 2.75) is 20.0 Å². The van der Waals surface area contributed by atoms with Crippen molar-refractivity contribution in [2.75, 3.05) is 11.9 Å². The fourth-order valence-corrected chi connectivity index (χ4v) is 2.31. The van der Waals surface area contributed by atoms with Crippen LogP contribution in [0.25, 0.3) is 0 Å². The van der Waals surface area contributed by atoms with E-state index in [1.807, 2.05) is 0 Å². The number of carbonyl (C=O) groups excluding carboxylic acids is 2. The van der Waals surface area contributed by atoms with Crippen LogP contribution < -0.4 is 9.64 Å². The molecule has 1 heterocycles. The van der Waals surface area contributed by atoms with Crippen LogP contribution in [-0.2, 0) is 4.79 Å². The number of nitrogens with zero attached hydrogens (tertiary/aromatic N) is 1. The maximum atomic E-state index is 11.8. The molecule has 1 aliphatic rings. The molecular formula is C12H12BrNO3. The molecule has 2 rings (SSSR count). The molecule has 1 aromatic carbocycles. The quantitative estimate of drug-likeness (QED) is 0.748. The number of likely N-dealkylation sites (N-methyl/N-ethyl adjacent to an activating group) is 1. The molecule has 0 aromatic heterocycles. The number of anilines is 1. The SMILES string of the molecule is CC(=O)c1cc(Br)c2c(c1)N(C)C(=O)C(C)O2. The van der Waals surface area contributed by atoms with Crippen molar-refractivity contribution >= 4 is 33.3 Å². The molecule has 0 bridgehead atoms. The Morgan fingerprint density at radius 2 is 2.12 bits per heavy atom. The van der Waals surface area contributed by atoms with Crippen LogP contribution in [0.5, 0.6) is 5.75 Å². The summed E-state index contributed by atoms with van der Waals surface area (Å²) in [5.41, 5.74) is 1.17. The van der Waals surface area contributed by atoms with Crippen molar-refractivity contribution in [1.29, 1.82) is 0 Å². The van der Waals surface area contributed by atoms with Crippen molar-refractivity contribution in [3.05, 3.63) is 22.2 Å². The molecule has 1 aliphatic heterocycles. The molecule has 0 saturated carbocycles. The van der Waals surface area contributed by atoms with Crippen LogP contribution in [0.15, 0.2) is 16.6 Å². The van der Waals surface area contributed by atoms with Crippen molar-refractivity contribution in [2.24, 2.45) is 0 Å². The van der Waals surface area contributed by atoms with Crippen LogP contribution in [0.3, 0.4) is 0 Å². The van der Waals surface area contributed by atoms with E-state index in [-0.39, 0.29) is 11.7 Å². The number of amides is 1. The highest BCUT2D eigenvalue weighted by Gasteiger charge is 2.31. The first kappa shape index (κ1) is 12.1. The topological polar surface area (TPSA) is 46.6 Å². The lowest BCUT2D eigenvalue weighted by atomic mass is 10.1. The van der Waals surface area contributed by atoms with E-state index in [0.29, 0.717) is 21.5 Å². The maximum Gasteiger partial charge on any atom is 0.267 e. The van der Waals surface area contributed by atoms with Gasteiger partial charge in [0.1, 0.15) is 0 Å². The van der Waals surface area contributed by atoms with E-state index in [0.717, 1.165) is 0 Å². The second kappa shape index (κ2) is 4.14. The number of ether oxygens (including phenoxy) is 1. The van der Waals surface area contributed by atoms with E-state index in [4.69, 9.17) is 4.74 Å². The zero-order valence-corrected chi connectivity index (χ0v) is 11.4. The third-order valence-corrected chi connectivity index (χ3v) is 3.35. The molecule has 0 spiro atoms. The lowest BCUT2D eigenvalue weighted by Gasteiger charge is -2.31. The second-order valence-corrected chi connectivity index (χ2v) is 4.87. The molecule has 1 aromatic rings. The van der Waals surface area contributed by atoms with Gasteiger partial charge >= 0.3 is 0 Å². The van der Waals surface area contributed by atoms with Gasteiger partial charge in [-0.3, -0.25) is 9.59 Å². The van der Waals surface area contributed by atoms with Crippen LogP contribution in [0.1, 0.15) is 24.2 Å². The smallest absolute Gasteiger partial charge is 0.267 e. The summed E-state index contributed by atoms with van der Waals surface area (Å²) in [5, 5.41) is 0. The lowest BCUT2D eigenvalue weighted by molar-refractivity contribution is -0.125.